The van der Waals surface area contributed by atoms with Gasteiger partial charge < -0.3 is 9.73 Å². The molecule has 2 bridgehead atoms. The largest absolute Gasteiger partial charge is 0.456 e. The molecular weight excluding hydrogens is 253 g/mol. The van der Waals surface area contributed by atoms with E-state index in [-0.39, 0.29) is 11.9 Å². The van der Waals surface area contributed by atoms with E-state index in [1.807, 2.05) is 19.2 Å². The van der Waals surface area contributed by atoms with Crippen molar-refractivity contribution < 1.29 is 8.81 Å². The zero-order chi connectivity index (χ0) is 13.7. The van der Waals surface area contributed by atoms with Gasteiger partial charge in [0.1, 0.15) is 5.76 Å². The van der Waals surface area contributed by atoms with Gasteiger partial charge >= 0.3 is 0 Å². The number of benzene rings is 1. The minimum absolute atomic E-state index is 0.220. The van der Waals surface area contributed by atoms with E-state index in [1.54, 1.807) is 6.07 Å². The first-order valence-corrected chi connectivity index (χ1v) is 7.61. The molecule has 2 aliphatic rings. The highest BCUT2D eigenvalue weighted by Crippen LogP contribution is 2.52. The van der Waals surface area contributed by atoms with Crippen LogP contribution in [0.4, 0.5) is 4.39 Å². The topological polar surface area (TPSA) is 25.2 Å². The van der Waals surface area contributed by atoms with Gasteiger partial charge in [-0.1, -0.05) is 18.6 Å². The summed E-state index contributed by atoms with van der Waals surface area (Å²) in [5.74, 6) is 2.99. The number of rotatable bonds is 3. The highest BCUT2D eigenvalue weighted by Gasteiger charge is 2.44. The van der Waals surface area contributed by atoms with E-state index in [2.05, 4.69) is 5.32 Å². The number of fused-ring (bicyclic) bond motifs is 3. The van der Waals surface area contributed by atoms with Gasteiger partial charge in [0.15, 0.2) is 11.4 Å². The number of nitrogens with one attached hydrogen (secondary N) is 1. The first kappa shape index (κ1) is 12.4. The van der Waals surface area contributed by atoms with Crippen LogP contribution >= 0.6 is 0 Å². The Bertz CT molecular complexity index is 635. The summed E-state index contributed by atoms with van der Waals surface area (Å²) in [6.45, 7) is 0. The molecule has 0 spiro atoms. The van der Waals surface area contributed by atoms with Crippen molar-refractivity contribution in [1.82, 2.24) is 5.32 Å². The molecule has 2 nitrogen and oxygen atoms in total. The van der Waals surface area contributed by atoms with Crippen LogP contribution in [0.1, 0.15) is 37.5 Å². The zero-order valence-corrected chi connectivity index (χ0v) is 11.7. The van der Waals surface area contributed by atoms with Gasteiger partial charge in [0.25, 0.3) is 0 Å². The van der Waals surface area contributed by atoms with E-state index in [0.29, 0.717) is 11.5 Å². The number of halogens is 1. The summed E-state index contributed by atoms with van der Waals surface area (Å²) in [5.41, 5.74) is 0.394. The number of para-hydroxylation sites is 1. The van der Waals surface area contributed by atoms with Gasteiger partial charge in [-0.25, -0.2) is 4.39 Å². The summed E-state index contributed by atoms with van der Waals surface area (Å²) in [7, 11) is 1.99. The Morgan fingerprint density at radius 2 is 2.20 bits per heavy atom. The molecule has 0 radical (unpaired) electrons. The van der Waals surface area contributed by atoms with Crippen LogP contribution in [0.3, 0.4) is 0 Å². The zero-order valence-electron chi connectivity index (χ0n) is 11.7. The van der Waals surface area contributed by atoms with Crippen molar-refractivity contribution in [3.8, 4) is 0 Å². The van der Waals surface area contributed by atoms with E-state index in [4.69, 9.17) is 4.42 Å². The second kappa shape index (κ2) is 4.59. The van der Waals surface area contributed by atoms with Crippen molar-refractivity contribution in [2.24, 2.45) is 17.8 Å². The Hall–Kier alpha value is -1.35. The standard InChI is InChI=1S/C17H20FNO/c1-19-16(13-8-10-5-6-11(13)7-10)15-9-12-3-2-4-14(18)17(12)20-15/h2-4,9-11,13,16,19H,5-8H2,1H3. The van der Waals surface area contributed by atoms with E-state index in [1.165, 1.54) is 31.7 Å². The predicted octanol–water partition coefficient (Wildman–Crippen LogP) is 4.27. The lowest BCUT2D eigenvalue weighted by Crippen LogP contribution is -2.28. The fourth-order valence-corrected chi connectivity index (χ4v) is 4.47. The van der Waals surface area contributed by atoms with E-state index in [9.17, 15) is 4.39 Å². The van der Waals surface area contributed by atoms with Crippen molar-refractivity contribution in [2.75, 3.05) is 7.05 Å². The van der Waals surface area contributed by atoms with Gasteiger partial charge in [0.2, 0.25) is 0 Å². The average Bonchev–Trinajstić information content (AvgIpc) is 3.14. The van der Waals surface area contributed by atoms with Crippen LogP contribution in [0, 0.1) is 23.6 Å². The summed E-state index contributed by atoms with van der Waals surface area (Å²) in [6.07, 6.45) is 5.40. The fourth-order valence-electron chi connectivity index (χ4n) is 4.47. The van der Waals surface area contributed by atoms with Crippen molar-refractivity contribution in [3.05, 3.63) is 35.8 Å². The van der Waals surface area contributed by atoms with Crippen molar-refractivity contribution in [2.45, 2.75) is 31.7 Å². The van der Waals surface area contributed by atoms with E-state index < -0.39 is 0 Å². The molecule has 4 atom stereocenters. The van der Waals surface area contributed by atoms with Crippen LogP contribution in [0.15, 0.2) is 28.7 Å². The monoisotopic (exact) mass is 273 g/mol. The maximum absolute atomic E-state index is 13.8. The van der Waals surface area contributed by atoms with Crippen LogP contribution in [0.25, 0.3) is 11.0 Å². The quantitative estimate of drug-likeness (QED) is 0.903. The number of hydrogen-bond acceptors (Lipinski definition) is 2. The molecule has 2 aliphatic carbocycles. The van der Waals surface area contributed by atoms with Crippen molar-refractivity contribution in [1.29, 1.82) is 0 Å². The normalized spacial score (nSPS) is 30.2. The lowest BCUT2D eigenvalue weighted by Gasteiger charge is -2.28. The van der Waals surface area contributed by atoms with Crippen LogP contribution < -0.4 is 5.32 Å². The minimum Gasteiger partial charge on any atom is -0.456 e. The van der Waals surface area contributed by atoms with Crippen molar-refractivity contribution >= 4 is 11.0 Å². The maximum Gasteiger partial charge on any atom is 0.169 e. The van der Waals surface area contributed by atoms with E-state index >= 15 is 0 Å². The molecule has 0 aliphatic heterocycles. The Morgan fingerprint density at radius 1 is 1.30 bits per heavy atom. The number of furan rings is 1. The molecule has 0 saturated heterocycles. The second-order valence-electron chi connectivity index (χ2n) is 6.41. The second-order valence-corrected chi connectivity index (χ2v) is 6.41. The molecule has 2 saturated carbocycles. The van der Waals surface area contributed by atoms with Gasteiger partial charge in [-0.05, 0) is 56.2 Å². The molecule has 0 amide bonds. The lowest BCUT2D eigenvalue weighted by atomic mass is 9.82. The third-order valence-electron chi connectivity index (χ3n) is 5.35. The van der Waals surface area contributed by atoms with Gasteiger partial charge in [0.05, 0.1) is 6.04 Å². The molecule has 1 heterocycles. The van der Waals surface area contributed by atoms with E-state index in [0.717, 1.165) is 23.0 Å². The Balaban J connectivity index is 1.71. The average molecular weight is 273 g/mol. The summed E-state index contributed by atoms with van der Waals surface area (Å²) >= 11 is 0. The smallest absolute Gasteiger partial charge is 0.169 e. The summed E-state index contributed by atoms with van der Waals surface area (Å²) < 4.78 is 19.6. The lowest BCUT2D eigenvalue weighted by molar-refractivity contribution is 0.237. The first-order valence-electron chi connectivity index (χ1n) is 7.61. The molecule has 3 heteroatoms. The molecular formula is C17H20FNO. The van der Waals surface area contributed by atoms with Crippen LogP contribution in [-0.4, -0.2) is 7.05 Å². The molecule has 20 heavy (non-hydrogen) atoms. The molecule has 106 valence electrons. The molecule has 4 rings (SSSR count). The summed E-state index contributed by atoms with van der Waals surface area (Å²) in [5, 5.41) is 4.27. The molecule has 1 aromatic heterocycles. The molecule has 4 unspecified atom stereocenters. The van der Waals surface area contributed by atoms with Crippen LogP contribution in [-0.2, 0) is 0 Å². The SMILES string of the molecule is CNC(c1cc2cccc(F)c2o1)C1CC2CCC1C2. The first-order chi connectivity index (χ1) is 9.76. The Morgan fingerprint density at radius 3 is 2.85 bits per heavy atom. The van der Waals surface area contributed by atoms with Crippen molar-refractivity contribution in [3.63, 3.8) is 0 Å². The highest BCUT2D eigenvalue weighted by atomic mass is 19.1. The molecule has 1 N–H and O–H groups in total. The number of hydrogen-bond donors (Lipinski definition) is 1. The third kappa shape index (κ3) is 1.80. The Labute approximate surface area is 118 Å². The summed E-state index contributed by atoms with van der Waals surface area (Å²) in [4.78, 5) is 0. The van der Waals surface area contributed by atoms with Gasteiger partial charge in [-0.3, -0.25) is 0 Å². The van der Waals surface area contributed by atoms with Gasteiger partial charge in [-0.2, -0.15) is 0 Å². The van der Waals surface area contributed by atoms with Crippen LogP contribution in [0.2, 0.25) is 0 Å². The third-order valence-corrected chi connectivity index (χ3v) is 5.35. The highest BCUT2D eigenvalue weighted by molar-refractivity contribution is 5.78. The van der Waals surface area contributed by atoms with Gasteiger partial charge in [-0.15, -0.1) is 0 Å². The predicted molar refractivity (Wildman–Crippen MR) is 76.9 cm³/mol. The Kier molecular flexibility index (Phi) is 2.84. The maximum atomic E-state index is 13.8. The molecule has 1 aromatic carbocycles. The minimum atomic E-state index is -0.267. The van der Waals surface area contributed by atoms with Gasteiger partial charge in [0, 0.05) is 5.39 Å². The van der Waals surface area contributed by atoms with Crippen LogP contribution in [0.5, 0.6) is 0 Å². The fraction of sp³-hybridized carbons (Fsp3) is 0.529. The molecule has 2 fully saturated rings. The summed E-state index contributed by atoms with van der Waals surface area (Å²) in [6, 6.07) is 7.34. The molecule has 2 aromatic rings.